The fourth-order valence-electron chi connectivity index (χ4n) is 3.51. The van der Waals surface area contributed by atoms with Gasteiger partial charge in [-0.1, -0.05) is 25.0 Å². The summed E-state index contributed by atoms with van der Waals surface area (Å²) in [6.07, 6.45) is 8.96. The van der Waals surface area contributed by atoms with E-state index in [1.165, 1.54) is 0 Å². The van der Waals surface area contributed by atoms with E-state index in [9.17, 15) is 19.5 Å². The molecule has 0 spiro atoms. The van der Waals surface area contributed by atoms with Crippen molar-refractivity contribution in [2.75, 3.05) is 13.2 Å². The van der Waals surface area contributed by atoms with E-state index in [2.05, 4.69) is 23.8 Å². The molecule has 1 rings (SSSR count). The van der Waals surface area contributed by atoms with Crippen molar-refractivity contribution in [2.45, 2.75) is 76.3 Å². The molecule has 164 valence electrons. The smallest absolute Gasteiger partial charge is 0.305 e. The predicted octanol–water partition coefficient (Wildman–Crippen LogP) is 2.39. The average Bonchev–Trinajstić information content (AvgIpc) is 3.15. The number of hydrogen-bond acceptors (Lipinski definition) is 5. The molecule has 3 N–H and O–H groups in total. The summed E-state index contributed by atoms with van der Waals surface area (Å²) in [5.74, 6) is -1.39. The van der Waals surface area contributed by atoms with Crippen LogP contribution in [0.2, 0.25) is 0 Å². The standard InChI is InChI=1S/C22H36N2O5/c1-4-6-7-11-20(27)29-15-17(3)23-21(28)18(10-5-2)14-19(26)24-22(16-25)12-8-9-13-22/h4-5,17-18,25H,1-2,6-16H2,3H3,(H,23,28)(H,24,26). The Morgan fingerprint density at radius 2 is 1.90 bits per heavy atom. The molecule has 1 saturated carbocycles. The van der Waals surface area contributed by atoms with E-state index in [1.807, 2.05) is 0 Å². The van der Waals surface area contributed by atoms with Crippen molar-refractivity contribution in [2.24, 2.45) is 5.92 Å². The molecule has 7 nitrogen and oxygen atoms in total. The number of nitrogens with one attached hydrogen (secondary N) is 2. The maximum Gasteiger partial charge on any atom is 0.305 e. The molecule has 0 heterocycles. The summed E-state index contributed by atoms with van der Waals surface area (Å²) < 4.78 is 5.17. The van der Waals surface area contributed by atoms with Gasteiger partial charge in [-0.05, 0) is 39.0 Å². The molecule has 0 aromatic carbocycles. The van der Waals surface area contributed by atoms with Gasteiger partial charge in [0.15, 0.2) is 0 Å². The van der Waals surface area contributed by atoms with E-state index in [0.717, 1.165) is 32.1 Å². The topological polar surface area (TPSA) is 105 Å². The lowest BCUT2D eigenvalue weighted by molar-refractivity contribution is -0.145. The van der Waals surface area contributed by atoms with Crippen molar-refractivity contribution < 1.29 is 24.2 Å². The predicted molar refractivity (Wildman–Crippen MR) is 112 cm³/mol. The van der Waals surface area contributed by atoms with Gasteiger partial charge in [0.25, 0.3) is 0 Å². The number of aliphatic hydroxyl groups is 1. The van der Waals surface area contributed by atoms with Gasteiger partial charge < -0.3 is 20.5 Å². The lowest BCUT2D eigenvalue weighted by Crippen LogP contribution is -2.50. The van der Waals surface area contributed by atoms with Crippen LogP contribution in [0.5, 0.6) is 0 Å². The number of ether oxygens (including phenoxy) is 1. The number of carbonyl (C=O) groups excluding carboxylic acids is 3. The Morgan fingerprint density at radius 3 is 2.48 bits per heavy atom. The van der Waals surface area contributed by atoms with Crippen LogP contribution in [0.1, 0.15) is 64.7 Å². The maximum atomic E-state index is 12.6. The van der Waals surface area contributed by atoms with E-state index < -0.39 is 11.5 Å². The number of unbranched alkanes of at least 4 members (excludes halogenated alkanes) is 1. The molecule has 0 radical (unpaired) electrons. The zero-order chi connectivity index (χ0) is 21.7. The van der Waals surface area contributed by atoms with Crippen molar-refractivity contribution >= 4 is 17.8 Å². The summed E-state index contributed by atoms with van der Waals surface area (Å²) in [4.78, 5) is 36.7. The molecule has 0 aromatic heterocycles. The molecule has 1 fully saturated rings. The highest BCUT2D eigenvalue weighted by molar-refractivity contribution is 5.86. The number of carbonyl (C=O) groups is 3. The summed E-state index contributed by atoms with van der Waals surface area (Å²) in [6, 6.07) is -0.361. The second kappa shape index (κ2) is 13.1. The zero-order valence-electron chi connectivity index (χ0n) is 17.6. The Kier molecular flexibility index (Phi) is 11.3. The largest absolute Gasteiger partial charge is 0.464 e. The number of amides is 2. The molecule has 0 saturated heterocycles. The number of esters is 1. The highest BCUT2D eigenvalue weighted by atomic mass is 16.5. The lowest BCUT2D eigenvalue weighted by Gasteiger charge is -2.29. The van der Waals surface area contributed by atoms with Crippen molar-refractivity contribution in [3.8, 4) is 0 Å². The van der Waals surface area contributed by atoms with Gasteiger partial charge in [0.05, 0.1) is 24.1 Å². The Labute approximate surface area is 174 Å². The third-order valence-electron chi connectivity index (χ3n) is 5.19. The van der Waals surface area contributed by atoms with Gasteiger partial charge in [-0.15, -0.1) is 13.2 Å². The van der Waals surface area contributed by atoms with Crippen LogP contribution in [0, 0.1) is 5.92 Å². The molecule has 0 bridgehead atoms. The molecule has 0 aromatic rings. The molecule has 1 aliphatic rings. The summed E-state index contributed by atoms with van der Waals surface area (Å²) >= 11 is 0. The monoisotopic (exact) mass is 408 g/mol. The lowest BCUT2D eigenvalue weighted by atomic mass is 9.95. The number of hydrogen-bond donors (Lipinski definition) is 3. The van der Waals surface area contributed by atoms with Crippen LogP contribution < -0.4 is 10.6 Å². The third-order valence-corrected chi connectivity index (χ3v) is 5.19. The Morgan fingerprint density at radius 1 is 1.21 bits per heavy atom. The fourth-order valence-corrected chi connectivity index (χ4v) is 3.51. The van der Waals surface area contributed by atoms with Gasteiger partial charge in [-0.2, -0.15) is 0 Å². The van der Waals surface area contributed by atoms with Crippen LogP contribution in [0.25, 0.3) is 0 Å². The minimum Gasteiger partial charge on any atom is -0.464 e. The molecule has 7 heteroatoms. The first-order valence-corrected chi connectivity index (χ1v) is 10.5. The first-order chi connectivity index (χ1) is 13.9. The third kappa shape index (κ3) is 9.26. The molecule has 2 atom stereocenters. The first-order valence-electron chi connectivity index (χ1n) is 10.5. The van der Waals surface area contributed by atoms with Gasteiger partial charge in [-0.25, -0.2) is 0 Å². The molecule has 0 aliphatic heterocycles. The van der Waals surface area contributed by atoms with Crippen LogP contribution in [-0.4, -0.2) is 47.7 Å². The fraction of sp³-hybridized carbons (Fsp3) is 0.682. The summed E-state index contributed by atoms with van der Waals surface area (Å²) in [7, 11) is 0. The van der Waals surface area contributed by atoms with Crippen LogP contribution in [-0.2, 0) is 19.1 Å². The van der Waals surface area contributed by atoms with E-state index in [0.29, 0.717) is 19.3 Å². The van der Waals surface area contributed by atoms with Crippen LogP contribution in [0.3, 0.4) is 0 Å². The minimum atomic E-state index is -0.560. The van der Waals surface area contributed by atoms with E-state index in [-0.39, 0.29) is 43.5 Å². The molecular formula is C22H36N2O5. The van der Waals surface area contributed by atoms with E-state index in [1.54, 1.807) is 19.1 Å². The van der Waals surface area contributed by atoms with Crippen LogP contribution in [0.4, 0.5) is 0 Å². The Balaban J connectivity index is 2.47. The molecular weight excluding hydrogens is 372 g/mol. The van der Waals surface area contributed by atoms with Crippen molar-refractivity contribution in [3.63, 3.8) is 0 Å². The van der Waals surface area contributed by atoms with Crippen molar-refractivity contribution in [1.29, 1.82) is 0 Å². The Bertz CT molecular complexity index is 570. The maximum absolute atomic E-state index is 12.6. The van der Waals surface area contributed by atoms with Crippen molar-refractivity contribution in [1.82, 2.24) is 10.6 Å². The normalized spacial score (nSPS) is 17.0. The van der Waals surface area contributed by atoms with E-state index in [4.69, 9.17) is 4.74 Å². The molecule has 29 heavy (non-hydrogen) atoms. The van der Waals surface area contributed by atoms with Gasteiger partial charge in [-0.3, -0.25) is 14.4 Å². The Hall–Kier alpha value is -2.15. The summed E-state index contributed by atoms with van der Waals surface area (Å²) in [6.45, 7) is 9.02. The summed E-state index contributed by atoms with van der Waals surface area (Å²) in [5, 5.41) is 15.4. The van der Waals surface area contributed by atoms with Crippen LogP contribution >= 0.6 is 0 Å². The molecule has 2 unspecified atom stereocenters. The number of allylic oxidation sites excluding steroid dienone is 2. The van der Waals surface area contributed by atoms with Crippen molar-refractivity contribution in [3.05, 3.63) is 25.3 Å². The SMILES string of the molecule is C=CCCCC(=O)OCC(C)NC(=O)C(CC=C)CC(=O)NC1(CO)CCCC1. The van der Waals surface area contributed by atoms with Gasteiger partial charge in [0.2, 0.25) is 11.8 Å². The first kappa shape index (κ1) is 24.9. The van der Waals surface area contributed by atoms with Gasteiger partial charge >= 0.3 is 5.97 Å². The second-order valence-electron chi connectivity index (χ2n) is 7.89. The average molecular weight is 409 g/mol. The van der Waals surface area contributed by atoms with Gasteiger partial charge in [0, 0.05) is 12.8 Å². The summed E-state index contributed by atoms with van der Waals surface area (Å²) in [5.41, 5.74) is -0.556. The zero-order valence-corrected chi connectivity index (χ0v) is 17.6. The molecule has 2 amide bonds. The highest BCUT2D eigenvalue weighted by Crippen LogP contribution is 2.29. The highest BCUT2D eigenvalue weighted by Gasteiger charge is 2.35. The minimum absolute atomic E-state index is 0.0215. The number of aliphatic hydroxyl groups excluding tert-OH is 1. The van der Waals surface area contributed by atoms with Gasteiger partial charge in [0.1, 0.15) is 6.61 Å². The quantitative estimate of drug-likeness (QED) is 0.233. The second-order valence-corrected chi connectivity index (χ2v) is 7.89. The van der Waals surface area contributed by atoms with E-state index >= 15 is 0 Å². The van der Waals surface area contributed by atoms with Crippen LogP contribution in [0.15, 0.2) is 25.3 Å². The number of rotatable bonds is 14. The molecule has 1 aliphatic carbocycles.